The zero-order chi connectivity index (χ0) is 12.6. The first-order valence-corrected chi connectivity index (χ1v) is 6.93. The quantitative estimate of drug-likeness (QED) is 0.708. The molecule has 0 saturated heterocycles. The van der Waals surface area contributed by atoms with Crippen molar-refractivity contribution in [2.45, 2.75) is 45.6 Å². The molecule has 0 fully saturated rings. The SMILES string of the molecule is Cc1ccc2c(c1)N(CCCl)C(C)(C)CC2C. The molecule has 2 heteroatoms. The normalized spacial score (nSPS) is 22.4. The molecule has 1 aliphatic rings. The molecule has 1 nitrogen and oxygen atoms in total. The lowest BCUT2D eigenvalue weighted by molar-refractivity contribution is 0.382. The van der Waals surface area contributed by atoms with E-state index in [9.17, 15) is 0 Å². The van der Waals surface area contributed by atoms with Crippen LogP contribution in [0.15, 0.2) is 18.2 Å². The number of halogens is 1. The molecule has 0 bridgehead atoms. The van der Waals surface area contributed by atoms with Gasteiger partial charge in [0.25, 0.3) is 0 Å². The Labute approximate surface area is 110 Å². The Morgan fingerprint density at radius 3 is 2.76 bits per heavy atom. The van der Waals surface area contributed by atoms with E-state index in [0.29, 0.717) is 11.8 Å². The van der Waals surface area contributed by atoms with Gasteiger partial charge in [0.05, 0.1) is 0 Å². The van der Waals surface area contributed by atoms with Crippen molar-refractivity contribution < 1.29 is 0 Å². The first-order valence-electron chi connectivity index (χ1n) is 6.40. The monoisotopic (exact) mass is 251 g/mol. The average molecular weight is 252 g/mol. The molecule has 1 heterocycles. The van der Waals surface area contributed by atoms with Crippen molar-refractivity contribution in [2.24, 2.45) is 0 Å². The Morgan fingerprint density at radius 1 is 1.41 bits per heavy atom. The molecule has 1 aromatic rings. The highest BCUT2D eigenvalue weighted by molar-refractivity contribution is 6.18. The minimum atomic E-state index is 0.203. The number of benzene rings is 1. The molecule has 1 unspecified atom stereocenters. The molecule has 1 aromatic carbocycles. The molecule has 0 aliphatic carbocycles. The maximum atomic E-state index is 5.96. The second-order valence-corrected chi connectivity index (χ2v) is 6.20. The standard InChI is InChI=1S/C15H22ClN/c1-11-5-6-13-12(2)10-15(3,4)17(8-7-16)14(13)9-11/h5-6,9,12H,7-8,10H2,1-4H3. The Morgan fingerprint density at radius 2 is 2.12 bits per heavy atom. The summed E-state index contributed by atoms with van der Waals surface area (Å²) in [6.07, 6.45) is 1.19. The van der Waals surface area contributed by atoms with Crippen molar-refractivity contribution in [2.75, 3.05) is 17.3 Å². The van der Waals surface area contributed by atoms with E-state index in [4.69, 9.17) is 11.6 Å². The van der Waals surface area contributed by atoms with Crippen LogP contribution in [0.1, 0.15) is 44.2 Å². The smallest absolute Gasteiger partial charge is 0.0409 e. The van der Waals surface area contributed by atoms with Gasteiger partial charge >= 0.3 is 0 Å². The van der Waals surface area contributed by atoms with Crippen LogP contribution in [0.2, 0.25) is 0 Å². The van der Waals surface area contributed by atoms with Crippen LogP contribution in [0.25, 0.3) is 0 Å². The van der Waals surface area contributed by atoms with E-state index in [1.54, 1.807) is 0 Å². The van der Waals surface area contributed by atoms with E-state index >= 15 is 0 Å². The van der Waals surface area contributed by atoms with E-state index in [0.717, 1.165) is 6.54 Å². The zero-order valence-electron chi connectivity index (χ0n) is 11.3. The van der Waals surface area contributed by atoms with Crippen molar-refractivity contribution in [3.63, 3.8) is 0 Å². The average Bonchev–Trinajstić information content (AvgIpc) is 2.23. The number of nitrogens with zero attached hydrogens (tertiary/aromatic N) is 1. The van der Waals surface area contributed by atoms with Crippen molar-refractivity contribution in [3.8, 4) is 0 Å². The fourth-order valence-electron chi connectivity index (χ4n) is 3.11. The Hall–Kier alpha value is -0.690. The van der Waals surface area contributed by atoms with Crippen molar-refractivity contribution in [3.05, 3.63) is 29.3 Å². The van der Waals surface area contributed by atoms with E-state index in [-0.39, 0.29) is 5.54 Å². The molecule has 17 heavy (non-hydrogen) atoms. The minimum absolute atomic E-state index is 0.203. The molecule has 1 atom stereocenters. The summed E-state index contributed by atoms with van der Waals surface area (Å²) in [6.45, 7) is 10.1. The maximum Gasteiger partial charge on any atom is 0.0409 e. The van der Waals surface area contributed by atoms with Crippen molar-refractivity contribution in [1.82, 2.24) is 0 Å². The summed E-state index contributed by atoms with van der Waals surface area (Å²) in [7, 11) is 0. The molecule has 0 amide bonds. The number of hydrogen-bond donors (Lipinski definition) is 0. The third kappa shape index (κ3) is 2.30. The molecular weight excluding hydrogens is 230 g/mol. The summed E-state index contributed by atoms with van der Waals surface area (Å²) in [6, 6.07) is 6.80. The number of hydrogen-bond acceptors (Lipinski definition) is 1. The highest BCUT2D eigenvalue weighted by atomic mass is 35.5. The second kappa shape index (κ2) is 4.53. The van der Waals surface area contributed by atoms with Crippen LogP contribution in [0.3, 0.4) is 0 Å². The first-order chi connectivity index (χ1) is 7.95. The Kier molecular flexibility index (Phi) is 3.40. The highest BCUT2D eigenvalue weighted by Crippen LogP contribution is 2.43. The van der Waals surface area contributed by atoms with Gasteiger partial charge in [-0.2, -0.15) is 0 Å². The third-order valence-corrected chi connectivity index (χ3v) is 4.02. The predicted molar refractivity (Wildman–Crippen MR) is 76.4 cm³/mol. The van der Waals surface area contributed by atoms with Gasteiger partial charge in [0.1, 0.15) is 0 Å². The summed E-state index contributed by atoms with van der Waals surface area (Å²) in [5, 5.41) is 0. The predicted octanol–water partition coefficient (Wildman–Crippen LogP) is 4.33. The van der Waals surface area contributed by atoms with Crippen molar-refractivity contribution >= 4 is 17.3 Å². The maximum absolute atomic E-state index is 5.96. The first kappa shape index (κ1) is 12.8. The summed E-state index contributed by atoms with van der Waals surface area (Å²) in [5.74, 6) is 1.32. The fraction of sp³-hybridized carbons (Fsp3) is 0.600. The van der Waals surface area contributed by atoms with E-state index < -0.39 is 0 Å². The van der Waals surface area contributed by atoms with Crippen LogP contribution in [0.5, 0.6) is 0 Å². The molecule has 94 valence electrons. The number of rotatable bonds is 2. The van der Waals surface area contributed by atoms with Crippen LogP contribution in [0.4, 0.5) is 5.69 Å². The minimum Gasteiger partial charge on any atom is -0.365 e. The number of fused-ring (bicyclic) bond motifs is 1. The van der Waals surface area contributed by atoms with Gasteiger partial charge in [-0.3, -0.25) is 0 Å². The van der Waals surface area contributed by atoms with Gasteiger partial charge in [0.2, 0.25) is 0 Å². The summed E-state index contributed by atoms with van der Waals surface area (Å²) in [4.78, 5) is 2.47. The molecular formula is C15H22ClN. The van der Waals surface area contributed by atoms with Crippen LogP contribution >= 0.6 is 11.6 Å². The van der Waals surface area contributed by atoms with Gasteiger partial charge in [-0.15, -0.1) is 11.6 Å². The van der Waals surface area contributed by atoms with Crippen LogP contribution < -0.4 is 4.90 Å². The molecule has 2 rings (SSSR count). The third-order valence-electron chi connectivity index (χ3n) is 3.85. The molecule has 1 aliphatic heterocycles. The number of aryl methyl sites for hydroxylation is 1. The lowest BCUT2D eigenvalue weighted by atomic mass is 9.80. The Bertz CT molecular complexity index is 411. The number of anilines is 1. The Balaban J connectivity index is 2.50. The molecule has 0 aromatic heterocycles. The highest BCUT2D eigenvalue weighted by Gasteiger charge is 2.35. The van der Waals surface area contributed by atoms with Gasteiger partial charge in [0.15, 0.2) is 0 Å². The zero-order valence-corrected chi connectivity index (χ0v) is 12.0. The van der Waals surface area contributed by atoms with E-state index in [2.05, 4.69) is 50.8 Å². The van der Waals surface area contributed by atoms with Crippen LogP contribution in [-0.2, 0) is 0 Å². The lowest BCUT2D eigenvalue weighted by Crippen LogP contribution is -2.49. The van der Waals surface area contributed by atoms with E-state index in [1.165, 1.54) is 23.2 Å². The lowest BCUT2D eigenvalue weighted by Gasteiger charge is -2.47. The van der Waals surface area contributed by atoms with Gasteiger partial charge in [-0.1, -0.05) is 19.1 Å². The van der Waals surface area contributed by atoms with E-state index in [1.807, 2.05) is 0 Å². The van der Waals surface area contributed by atoms with Crippen LogP contribution in [0, 0.1) is 6.92 Å². The molecule has 0 saturated carbocycles. The number of alkyl halides is 1. The molecule has 0 N–H and O–H groups in total. The van der Waals surface area contributed by atoms with Gasteiger partial charge in [-0.05, 0) is 50.3 Å². The summed E-state index contributed by atoms with van der Waals surface area (Å²) in [5.41, 5.74) is 4.39. The van der Waals surface area contributed by atoms with Gasteiger partial charge in [0, 0.05) is 23.7 Å². The summed E-state index contributed by atoms with van der Waals surface area (Å²) >= 11 is 5.96. The molecule has 0 radical (unpaired) electrons. The fourth-order valence-corrected chi connectivity index (χ4v) is 3.28. The molecule has 0 spiro atoms. The van der Waals surface area contributed by atoms with Gasteiger partial charge in [-0.25, -0.2) is 0 Å². The van der Waals surface area contributed by atoms with Crippen LogP contribution in [-0.4, -0.2) is 18.0 Å². The summed E-state index contributed by atoms with van der Waals surface area (Å²) < 4.78 is 0. The topological polar surface area (TPSA) is 3.24 Å². The largest absolute Gasteiger partial charge is 0.365 e. The second-order valence-electron chi connectivity index (χ2n) is 5.82. The van der Waals surface area contributed by atoms with Crippen molar-refractivity contribution in [1.29, 1.82) is 0 Å². The van der Waals surface area contributed by atoms with Gasteiger partial charge < -0.3 is 4.90 Å².